The van der Waals surface area contributed by atoms with Gasteiger partial charge in [0.2, 0.25) is 5.60 Å². The van der Waals surface area contributed by atoms with Crippen LogP contribution in [0.4, 0.5) is 5.69 Å². The van der Waals surface area contributed by atoms with Crippen molar-refractivity contribution < 1.29 is 19.0 Å². The standard InChI is InChI=1S/C17H13NO4/c19-16-17(11-3-1-2-4-12(11)18-16)9-10-5-6-13-15(14(10)22-17)21-8-7-20-13/h1-6,9,13H,7-8H2,(H,18,19). The average Bonchev–Trinajstić information content (AvgIpc) is 3.08. The van der Waals surface area contributed by atoms with E-state index in [1.165, 1.54) is 0 Å². The Morgan fingerprint density at radius 3 is 3.09 bits per heavy atom. The van der Waals surface area contributed by atoms with Gasteiger partial charge in [0, 0.05) is 16.8 Å². The molecule has 5 heteroatoms. The van der Waals surface area contributed by atoms with E-state index in [1.54, 1.807) is 0 Å². The van der Waals surface area contributed by atoms with Crippen molar-refractivity contribution in [1.82, 2.24) is 0 Å². The normalized spacial score (nSPS) is 31.0. The minimum Gasteiger partial charge on any atom is -0.488 e. The van der Waals surface area contributed by atoms with Crippen LogP contribution in [0.2, 0.25) is 0 Å². The lowest BCUT2D eigenvalue weighted by Crippen LogP contribution is -2.33. The molecule has 3 aliphatic heterocycles. The molecular weight excluding hydrogens is 282 g/mol. The second-order valence-corrected chi connectivity index (χ2v) is 5.63. The summed E-state index contributed by atoms with van der Waals surface area (Å²) in [5.41, 5.74) is 1.38. The van der Waals surface area contributed by atoms with E-state index in [4.69, 9.17) is 14.2 Å². The number of anilines is 1. The van der Waals surface area contributed by atoms with E-state index < -0.39 is 5.60 Å². The molecule has 0 radical (unpaired) electrons. The summed E-state index contributed by atoms with van der Waals surface area (Å²) in [7, 11) is 0. The predicted octanol–water partition coefficient (Wildman–Crippen LogP) is 1.99. The van der Waals surface area contributed by atoms with Gasteiger partial charge in [-0.3, -0.25) is 4.79 Å². The fraction of sp³-hybridized carbons (Fsp3) is 0.235. The molecule has 1 N–H and O–H groups in total. The quantitative estimate of drug-likeness (QED) is 0.795. The van der Waals surface area contributed by atoms with Gasteiger partial charge >= 0.3 is 0 Å². The Hall–Kier alpha value is -2.53. The summed E-state index contributed by atoms with van der Waals surface area (Å²) in [5.74, 6) is 1.10. The van der Waals surface area contributed by atoms with Crippen molar-refractivity contribution in [1.29, 1.82) is 0 Å². The van der Waals surface area contributed by atoms with Crippen LogP contribution in [0.5, 0.6) is 0 Å². The molecule has 2 unspecified atom stereocenters. The minimum absolute atomic E-state index is 0.176. The van der Waals surface area contributed by atoms with Crippen LogP contribution >= 0.6 is 0 Å². The number of rotatable bonds is 0. The Labute approximate surface area is 126 Å². The molecule has 110 valence electrons. The van der Waals surface area contributed by atoms with E-state index in [-0.39, 0.29) is 12.0 Å². The van der Waals surface area contributed by atoms with Crippen molar-refractivity contribution in [3.05, 3.63) is 65.1 Å². The molecule has 1 fully saturated rings. The van der Waals surface area contributed by atoms with Gasteiger partial charge in [-0.15, -0.1) is 0 Å². The molecule has 1 saturated heterocycles. The monoisotopic (exact) mass is 295 g/mol. The van der Waals surface area contributed by atoms with Gasteiger partial charge in [-0.25, -0.2) is 0 Å². The zero-order valence-electron chi connectivity index (χ0n) is 11.7. The van der Waals surface area contributed by atoms with Crippen molar-refractivity contribution in [3.63, 3.8) is 0 Å². The summed E-state index contributed by atoms with van der Waals surface area (Å²) < 4.78 is 17.5. The number of allylic oxidation sites excluding steroid dienone is 1. The van der Waals surface area contributed by atoms with Crippen LogP contribution in [0.1, 0.15) is 5.56 Å². The third kappa shape index (κ3) is 1.39. The molecule has 1 aliphatic carbocycles. The summed E-state index contributed by atoms with van der Waals surface area (Å²) >= 11 is 0. The van der Waals surface area contributed by atoms with Crippen LogP contribution in [0.25, 0.3) is 0 Å². The zero-order chi connectivity index (χ0) is 14.7. The SMILES string of the molecule is O=C1Nc2ccccc2C12C=C1C=CC3OCCOC3=C1O2. The molecule has 1 spiro atoms. The number of para-hydroxylation sites is 1. The van der Waals surface area contributed by atoms with Crippen molar-refractivity contribution in [3.8, 4) is 0 Å². The first-order valence-electron chi connectivity index (χ1n) is 7.28. The molecule has 22 heavy (non-hydrogen) atoms. The third-order valence-electron chi connectivity index (χ3n) is 4.37. The van der Waals surface area contributed by atoms with Crippen LogP contribution in [0.15, 0.2) is 59.6 Å². The number of amides is 1. The number of hydrogen-bond acceptors (Lipinski definition) is 4. The highest BCUT2D eigenvalue weighted by molar-refractivity contribution is 6.07. The largest absolute Gasteiger partial charge is 0.488 e. The van der Waals surface area contributed by atoms with Gasteiger partial charge in [0.15, 0.2) is 11.5 Å². The number of carbonyl (C=O) groups excluding carboxylic acids is 1. The highest BCUT2D eigenvalue weighted by Crippen LogP contribution is 2.49. The fourth-order valence-corrected chi connectivity index (χ4v) is 3.36. The summed E-state index contributed by atoms with van der Waals surface area (Å²) in [5, 5.41) is 2.88. The van der Waals surface area contributed by atoms with E-state index >= 15 is 0 Å². The zero-order valence-corrected chi connectivity index (χ0v) is 11.7. The van der Waals surface area contributed by atoms with E-state index in [9.17, 15) is 4.79 Å². The van der Waals surface area contributed by atoms with Crippen molar-refractivity contribution >= 4 is 11.6 Å². The third-order valence-corrected chi connectivity index (χ3v) is 4.37. The van der Waals surface area contributed by atoms with Gasteiger partial charge in [-0.1, -0.05) is 24.3 Å². The molecule has 5 rings (SSSR count). The maximum Gasteiger partial charge on any atom is 0.277 e. The molecule has 0 saturated carbocycles. The summed E-state index contributed by atoms with van der Waals surface area (Å²) in [6.45, 7) is 1.05. The number of benzene rings is 1. The molecule has 0 aromatic heterocycles. The van der Waals surface area contributed by atoms with Gasteiger partial charge in [-0.2, -0.15) is 0 Å². The summed E-state index contributed by atoms with van der Waals surface area (Å²) in [6.07, 6.45) is 5.50. The van der Waals surface area contributed by atoms with Crippen LogP contribution in [0, 0.1) is 0 Å². The van der Waals surface area contributed by atoms with Gasteiger partial charge in [0.25, 0.3) is 5.91 Å². The van der Waals surface area contributed by atoms with Crippen molar-refractivity contribution in [2.75, 3.05) is 18.5 Å². The number of hydrogen-bond donors (Lipinski definition) is 1. The van der Waals surface area contributed by atoms with Crippen LogP contribution < -0.4 is 5.32 Å². The molecule has 5 nitrogen and oxygen atoms in total. The number of nitrogens with one attached hydrogen (secondary N) is 1. The summed E-state index contributed by atoms with van der Waals surface area (Å²) in [4.78, 5) is 12.6. The Morgan fingerprint density at radius 1 is 1.23 bits per heavy atom. The smallest absolute Gasteiger partial charge is 0.277 e. The van der Waals surface area contributed by atoms with Crippen LogP contribution in [-0.2, 0) is 24.6 Å². The Kier molecular flexibility index (Phi) is 2.20. The van der Waals surface area contributed by atoms with Gasteiger partial charge in [0.1, 0.15) is 12.7 Å². The fourth-order valence-electron chi connectivity index (χ4n) is 3.36. The Bertz CT molecular complexity index is 792. The van der Waals surface area contributed by atoms with E-state index in [0.29, 0.717) is 24.7 Å². The van der Waals surface area contributed by atoms with Crippen molar-refractivity contribution in [2.45, 2.75) is 11.7 Å². The van der Waals surface area contributed by atoms with Crippen LogP contribution in [0.3, 0.4) is 0 Å². The lowest BCUT2D eigenvalue weighted by molar-refractivity contribution is -0.130. The van der Waals surface area contributed by atoms with Gasteiger partial charge in [-0.05, 0) is 18.2 Å². The van der Waals surface area contributed by atoms with E-state index in [2.05, 4.69) is 5.32 Å². The molecular formula is C17H13NO4. The maximum atomic E-state index is 12.6. The number of ether oxygens (including phenoxy) is 3. The molecule has 1 aromatic carbocycles. The first kappa shape index (κ1) is 12.1. The predicted molar refractivity (Wildman–Crippen MR) is 77.8 cm³/mol. The molecule has 0 bridgehead atoms. The first-order valence-corrected chi connectivity index (χ1v) is 7.28. The molecule has 1 aromatic rings. The molecule has 2 atom stereocenters. The molecule has 3 heterocycles. The van der Waals surface area contributed by atoms with E-state index in [1.807, 2.05) is 42.5 Å². The molecule has 1 amide bonds. The lowest BCUT2D eigenvalue weighted by Gasteiger charge is -2.29. The Morgan fingerprint density at radius 2 is 2.14 bits per heavy atom. The molecule has 4 aliphatic rings. The highest BCUT2D eigenvalue weighted by atomic mass is 16.6. The Balaban J connectivity index is 1.67. The summed E-state index contributed by atoms with van der Waals surface area (Å²) in [6, 6.07) is 7.58. The van der Waals surface area contributed by atoms with Gasteiger partial charge < -0.3 is 19.5 Å². The topological polar surface area (TPSA) is 56.8 Å². The van der Waals surface area contributed by atoms with E-state index in [0.717, 1.165) is 16.8 Å². The average molecular weight is 295 g/mol. The second-order valence-electron chi connectivity index (χ2n) is 5.63. The minimum atomic E-state index is -1.10. The highest BCUT2D eigenvalue weighted by Gasteiger charge is 2.53. The number of carbonyl (C=O) groups is 1. The second kappa shape index (κ2) is 4.01. The number of fused-ring (bicyclic) bond motifs is 4. The van der Waals surface area contributed by atoms with Gasteiger partial charge in [0.05, 0.1) is 6.61 Å². The maximum absolute atomic E-state index is 12.6. The lowest BCUT2D eigenvalue weighted by atomic mass is 9.94. The first-order chi connectivity index (χ1) is 10.8. The van der Waals surface area contributed by atoms with Crippen LogP contribution in [-0.4, -0.2) is 25.2 Å². The van der Waals surface area contributed by atoms with Crippen molar-refractivity contribution in [2.24, 2.45) is 0 Å².